The number of nitrogens with one attached hydrogen (secondary N) is 1. The number of halogens is 2. The zero-order valence-corrected chi connectivity index (χ0v) is 22.4. The van der Waals surface area contributed by atoms with Gasteiger partial charge in [-0.15, -0.1) is 0 Å². The number of methoxy groups -OCH3 is 1. The van der Waals surface area contributed by atoms with Crippen LogP contribution in [-0.4, -0.2) is 72.2 Å². The van der Waals surface area contributed by atoms with Crippen molar-refractivity contribution >= 4 is 22.1 Å². The van der Waals surface area contributed by atoms with E-state index in [0.29, 0.717) is 11.3 Å². The van der Waals surface area contributed by atoms with Crippen molar-refractivity contribution in [2.24, 2.45) is 0 Å². The minimum Gasteiger partial charge on any atom is -0.468 e. The molecular formula is C24H30F2N4O7S. The maximum absolute atomic E-state index is 14.7. The number of ether oxygens (including phenoxy) is 3. The lowest BCUT2D eigenvalue weighted by molar-refractivity contribution is -0.150. The van der Waals surface area contributed by atoms with Crippen LogP contribution in [0.1, 0.15) is 56.2 Å². The minimum absolute atomic E-state index is 0.0222. The molecule has 1 N–H and O–H groups in total. The Labute approximate surface area is 219 Å². The molecule has 0 aliphatic carbocycles. The molecule has 38 heavy (non-hydrogen) atoms. The van der Waals surface area contributed by atoms with Gasteiger partial charge in [-0.05, 0) is 45.4 Å². The number of carbonyl (C=O) groups excluding carboxylic acids is 2. The molecule has 0 bridgehead atoms. The van der Waals surface area contributed by atoms with E-state index in [1.54, 1.807) is 25.7 Å². The van der Waals surface area contributed by atoms with Crippen molar-refractivity contribution in [1.29, 1.82) is 0 Å². The van der Waals surface area contributed by atoms with Crippen LogP contribution in [0.15, 0.2) is 24.4 Å². The van der Waals surface area contributed by atoms with Gasteiger partial charge in [-0.1, -0.05) is 0 Å². The first-order valence-corrected chi connectivity index (χ1v) is 13.7. The third-order valence-electron chi connectivity index (χ3n) is 6.36. The molecule has 2 aliphatic heterocycles. The average molecular weight is 557 g/mol. The number of esters is 1. The summed E-state index contributed by atoms with van der Waals surface area (Å²) in [6, 6.07) is 0.554. The van der Waals surface area contributed by atoms with Crippen LogP contribution in [0.5, 0.6) is 0 Å². The van der Waals surface area contributed by atoms with Crippen LogP contribution in [0.3, 0.4) is 0 Å². The maximum Gasteiger partial charge on any atom is 0.407 e. The Morgan fingerprint density at radius 2 is 1.92 bits per heavy atom. The fraction of sp³-hybridized carbons (Fsp3) is 0.542. The molecule has 11 nitrogen and oxygen atoms in total. The summed E-state index contributed by atoms with van der Waals surface area (Å²) in [5, 5.41) is 6.63. The van der Waals surface area contributed by atoms with Crippen LogP contribution in [0.2, 0.25) is 0 Å². The quantitative estimate of drug-likeness (QED) is 0.552. The topological polar surface area (TPSA) is 129 Å². The Bertz CT molecular complexity index is 1340. The smallest absolute Gasteiger partial charge is 0.407 e. The van der Waals surface area contributed by atoms with Crippen molar-refractivity contribution in [3.05, 3.63) is 52.9 Å². The number of nitrogens with zero attached hydrogens (tertiary/aromatic N) is 3. The first-order chi connectivity index (χ1) is 17.7. The van der Waals surface area contributed by atoms with Crippen molar-refractivity contribution in [1.82, 2.24) is 19.4 Å². The van der Waals surface area contributed by atoms with Gasteiger partial charge in [-0.2, -0.15) is 9.19 Å². The molecule has 208 valence electrons. The molecule has 3 heterocycles. The number of hydrogen-bond donors (Lipinski definition) is 1. The van der Waals surface area contributed by atoms with Crippen LogP contribution < -0.4 is 5.32 Å². The van der Waals surface area contributed by atoms with E-state index < -0.39 is 63.6 Å². The predicted octanol–water partition coefficient (Wildman–Crippen LogP) is 2.42. The summed E-state index contributed by atoms with van der Waals surface area (Å²) in [6.07, 6.45) is 0.615. The number of carbonyl (C=O) groups is 2. The Balaban J connectivity index is 1.66. The van der Waals surface area contributed by atoms with Crippen LogP contribution in [0.4, 0.5) is 13.6 Å². The van der Waals surface area contributed by atoms with Crippen LogP contribution in [-0.2, 0) is 35.6 Å². The van der Waals surface area contributed by atoms with Gasteiger partial charge in [0, 0.05) is 23.7 Å². The second-order valence-corrected chi connectivity index (χ2v) is 12.1. The van der Waals surface area contributed by atoms with E-state index in [1.807, 2.05) is 0 Å². The van der Waals surface area contributed by atoms with Gasteiger partial charge in [-0.3, -0.25) is 4.90 Å². The molecule has 2 aromatic rings. The number of rotatable bonds is 5. The summed E-state index contributed by atoms with van der Waals surface area (Å²) in [7, 11) is -2.53. The fourth-order valence-electron chi connectivity index (χ4n) is 4.87. The van der Waals surface area contributed by atoms with E-state index >= 15 is 0 Å². The molecule has 0 radical (unpaired) electrons. The molecular weight excluding hydrogens is 526 g/mol. The molecule has 2 aliphatic rings. The number of aromatic nitrogens is 2. The van der Waals surface area contributed by atoms with Crippen molar-refractivity contribution < 1.29 is 41.0 Å². The van der Waals surface area contributed by atoms with E-state index in [-0.39, 0.29) is 25.1 Å². The van der Waals surface area contributed by atoms with Crippen molar-refractivity contribution in [3.8, 4) is 0 Å². The monoisotopic (exact) mass is 556 g/mol. The van der Waals surface area contributed by atoms with Crippen LogP contribution in [0, 0.1) is 11.6 Å². The average Bonchev–Trinajstić information content (AvgIpc) is 3.38. The molecule has 0 saturated carbocycles. The molecule has 1 aromatic heterocycles. The summed E-state index contributed by atoms with van der Waals surface area (Å²) < 4.78 is 70.4. The Kier molecular flexibility index (Phi) is 7.51. The highest BCUT2D eigenvalue weighted by Crippen LogP contribution is 2.41. The third kappa shape index (κ3) is 5.66. The van der Waals surface area contributed by atoms with Gasteiger partial charge in [0.2, 0.25) is 0 Å². The van der Waals surface area contributed by atoms with Crippen molar-refractivity contribution in [2.45, 2.75) is 63.6 Å². The van der Waals surface area contributed by atoms with Crippen LogP contribution >= 0.6 is 0 Å². The van der Waals surface area contributed by atoms with E-state index in [9.17, 15) is 26.8 Å². The number of alkyl carbamates (subject to hydrolysis) is 1. The number of hydrogen-bond acceptors (Lipinski definition) is 9. The van der Waals surface area contributed by atoms with E-state index in [1.165, 1.54) is 13.3 Å². The maximum atomic E-state index is 14.7. The summed E-state index contributed by atoms with van der Waals surface area (Å²) in [4.78, 5) is 27.2. The van der Waals surface area contributed by atoms with Crippen LogP contribution in [0.25, 0.3) is 0 Å². The SMILES string of the molecule is COC(=O)[C@H]1c2cnn(S(C)(=O)=O)c2CN1[C@H]1CO[C@H](c2cc(F)ccc2F)[C@@H](NC(=O)OC(C)(C)C)C1. The van der Waals surface area contributed by atoms with Gasteiger partial charge in [0.05, 0.1) is 37.9 Å². The molecule has 1 aromatic carbocycles. The van der Waals surface area contributed by atoms with Gasteiger partial charge < -0.3 is 19.5 Å². The summed E-state index contributed by atoms with van der Waals surface area (Å²) >= 11 is 0. The Morgan fingerprint density at radius 3 is 2.55 bits per heavy atom. The highest BCUT2D eigenvalue weighted by atomic mass is 32.2. The molecule has 0 spiro atoms. The number of amides is 1. The Morgan fingerprint density at radius 1 is 1.21 bits per heavy atom. The first-order valence-electron chi connectivity index (χ1n) is 11.9. The summed E-state index contributed by atoms with van der Waals surface area (Å²) in [6.45, 7) is 5.05. The van der Waals surface area contributed by atoms with E-state index in [2.05, 4.69) is 10.4 Å². The minimum atomic E-state index is -3.75. The second-order valence-electron chi connectivity index (χ2n) is 10.3. The summed E-state index contributed by atoms with van der Waals surface area (Å²) in [5.41, 5.74) is -0.218. The zero-order chi connectivity index (χ0) is 28.0. The van der Waals surface area contributed by atoms with Gasteiger partial charge in [0.25, 0.3) is 10.0 Å². The third-order valence-corrected chi connectivity index (χ3v) is 7.30. The lowest BCUT2D eigenvalue weighted by Gasteiger charge is -2.41. The molecule has 1 saturated heterocycles. The second kappa shape index (κ2) is 10.2. The van der Waals surface area contributed by atoms with Gasteiger partial charge >= 0.3 is 12.1 Å². The van der Waals surface area contributed by atoms with E-state index in [0.717, 1.165) is 28.5 Å². The van der Waals surface area contributed by atoms with Gasteiger partial charge in [0.15, 0.2) is 0 Å². The lowest BCUT2D eigenvalue weighted by atomic mass is 9.92. The highest BCUT2D eigenvalue weighted by Gasteiger charge is 2.47. The zero-order valence-electron chi connectivity index (χ0n) is 21.6. The standard InChI is InChI=1S/C24H30F2N4O7S/c1-24(2,3)37-23(32)28-18-9-14(12-36-21(18)15-8-13(25)6-7-17(15)26)29-11-19-16(20(29)22(31)35-4)10-27-30(19)38(5,33)34/h6-8,10,14,18,20-21H,9,11-12H2,1-5H3,(H,28,32)/t14-,18+,20-,21-/m1/s1. The molecule has 4 atom stereocenters. The number of benzene rings is 1. The largest absolute Gasteiger partial charge is 0.468 e. The highest BCUT2D eigenvalue weighted by molar-refractivity contribution is 7.89. The molecule has 0 unspecified atom stereocenters. The molecule has 4 rings (SSSR count). The Hall–Kier alpha value is -3.10. The van der Waals surface area contributed by atoms with Gasteiger partial charge in [0.1, 0.15) is 29.4 Å². The van der Waals surface area contributed by atoms with Gasteiger partial charge in [-0.25, -0.2) is 26.8 Å². The first kappa shape index (κ1) is 27.9. The number of fused-ring (bicyclic) bond motifs is 1. The molecule has 1 fully saturated rings. The fourth-order valence-corrected chi connectivity index (χ4v) is 5.65. The summed E-state index contributed by atoms with van der Waals surface area (Å²) in [5.74, 6) is -2.01. The predicted molar refractivity (Wildman–Crippen MR) is 129 cm³/mol. The lowest BCUT2D eigenvalue weighted by Crippen LogP contribution is -2.53. The molecule has 1 amide bonds. The molecule has 14 heteroatoms. The van der Waals surface area contributed by atoms with Crippen molar-refractivity contribution in [3.63, 3.8) is 0 Å². The van der Waals surface area contributed by atoms with Crippen molar-refractivity contribution in [2.75, 3.05) is 20.0 Å². The van der Waals surface area contributed by atoms with E-state index in [4.69, 9.17) is 14.2 Å². The normalized spacial score (nSPS) is 24.1.